The highest BCUT2D eigenvalue weighted by Crippen LogP contribution is 2.06. The van der Waals surface area contributed by atoms with Crippen LogP contribution in [0.25, 0.3) is 0 Å². The molecule has 1 unspecified atom stereocenters. The smallest absolute Gasteiger partial charge is 0.0194 e. The fourth-order valence-corrected chi connectivity index (χ4v) is 0.722. The third-order valence-corrected chi connectivity index (χ3v) is 1.47. The molecule has 0 amide bonds. The summed E-state index contributed by atoms with van der Waals surface area (Å²) in [5.41, 5.74) is 3.57. The molecule has 1 atom stereocenters. The van der Waals surface area contributed by atoms with Crippen molar-refractivity contribution in [3.63, 3.8) is 0 Å². The van der Waals surface area contributed by atoms with Crippen LogP contribution in [0, 0.1) is 5.92 Å². The molecular weight excluding hydrogens is 124 g/mol. The highest BCUT2D eigenvalue weighted by Gasteiger charge is 1.94. The van der Waals surface area contributed by atoms with Crippen LogP contribution in [0.2, 0.25) is 0 Å². The highest BCUT2D eigenvalue weighted by atomic mass is 15.2. The Balaban J connectivity index is 3.92. The Kier molecular flexibility index (Phi) is 4.67. The second kappa shape index (κ2) is 5.06. The van der Waals surface area contributed by atoms with Crippen LogP contribution in [0.5, 0.6) is 0 Å². The summed E-state index contributed by atoms with van der Waals surface area (Å²) in [6.07, 6.45) is 5.05. The van der Waals surface area contributed by atoms with Gasteiger partial charge >= 0.3 is 0 Å². The Morgan fingerprint density at radius 2 is 2.40 bits per heavy atom. The maximum absolute atomic E-state index is 5.18. The summed E-state index contributed by atoms with van der Waals surface area (Å²) in [6.45, 7) is 7.76. The average molecular weight is 140 g/mol. The second-order valence-electron chi connectivity index (χ2n) is 2.30. The van der Waals surface area contributed by atoms with Crippen molar-refractivity contribution in [3.8, 4) is 0 Å². The first kappa shape index (κ1) is 9.24. The minimum absolute atomic E-state index is 0.441. The van der Waals surface area contributed by atoms with Crippen molar-refractivity contribution in [1.29, 1.82) is 0 Å². The van der Waals surface area contributed by atoms with E-state index in [1.165, 1.54) is 0 Å². The zero-order chi connectivity index (χ0) is 7.98. The van der Waals surface area contributed by atoms with E-state index in [0.29, 0.717) is 5.92 Å². The third-order valence-electron chi connectivity index (χ3n) is 1.47. The van der Waals surface area contributed by atoms with Crippen molar-refractivity contribution < 1.29 is 0 Å². The SMILES string of the molecule is C=CC(C=C(C)NN)CC. The van der Waals surface area contributed by atoms with Gasteiger partial charge in [0.15, 0.2) is 0 Å². The lowest BCUT2D eigenvalue weighted by Gasteiger charge is -2.04. The molecule has 0 radical (unpaired) electrons. The Morgan fingerprint density at radius 1 is 1.80 bits per heavy atom. The molecule has 0 aliphatic rings. The monoisotopic (exact) mass is 140 g/mol. The van der Waals surface area contributed by atoms with Crippen molar-refractivity contribution in [2.75, 3.05) is 0 Å². The van der Waals surface area contributed by atoms with Gasteiger partial charge in [0.25, 0.3) is 0 Å². The number of hydrazine groups is 1. The van der Waals surface area contributed by atoms with Crippen LogP contribution in [0.1, 0.15) is 20.3 Å². The molecule has 0 fully saturated rings. The molecule has 0 bridgehead atoms. The van der Waals surface area contributed by atoms with Crippen molar-refractivity contribution in [1.82, 2.24) is 5.43 Å². The van der Waals surface area contributed by atoms with E-state index >= 15 is 0 Å². The van der Waals surface area contributed by atoms with Gasteiger partial charge in [-0.1, -0.05) is 19.1 Å². The molecule has 2 nitrogen and oxygen atoms in total. The number of hydrogen-bond donors (Lipinski definition) is 2. The molecule has 0 aromatic rings. The molecule has 58 valence electrons. The summed E-state index contributed by atoms with van der Waals surface area (Å²) in [6, 6.07) is 0. The molecule has 0 spiro atoms. The molecule has 0 aliphatic heterocycles. The van der Waals surface area contributed by atoms with Crippen LogP contribution in [-0.4, -0.2) is 0 Å². The molecule has 0 saturated heterocycles. The Hall–Kier alpha value is -0.760. The number of hydrogen-bond acceptors (Lipinski definition) is 2. The molecule has 0 saturated carbocycles. The lowest BCUT2D eigenvalue weighted by molar-refractivity contribution is 0.749. The van der Waals surface area contributed by atoms with Gasteiger partial charge in [-0.15, -0.1) is 6.58 Å². The number of rotatable bonds is 4. The minimum Gasteiger partial charge on any atom is -0.329 e. The van der Waals surface area contributed by atoms with E-state index in [4.69, 9.17) is 5.84 Å². The first-order valence-electron chi connectivity index (χ1n) is 3.52. The predicted molar refractivity (Wildman–Crippen MR) is 45.1 cm³/mol. The fourth-order valence-electron chi connectivity index (χ4n) is 0.722. The van der Waals surface area contributed by atoms with Gasteiger partial charge in [-0.2, -0.15) is 0 Å². The van der Waals surface area contributed by atoms with Crippen molar-refractivity contribution in [3.05, 3.63) is 24.4 Å². The maximum Gasteiger partial charge on any atom is 0.0194 e. The molecule has 10 heavy (non-hydrogen) atoms. The zero-order valence-electron chi connectivity index (χ0n) is 6.72. The molecule has 0 aromatic heterocycles. The summed E-state index contributed by atoms with van der Waals surface area (Å²) in [5.74, 6) is 5.62. The summed E-state index contributed by atoms with van der Waals surface area (Å²) < 4.78 is 0. The summed E-state index contributed by atoms with van der Waals surface area (Å²) in [5, 5.41) is 0. The molecule has 0 aliphatic carbocycles. The third kappa shape index (κ3) is 3.30. The minimum atomic E-state index is 0.441. The number of nitrogens with two attached hydrogens (primary N) is 1. The average Bonchev–Trinajstić information content (AvgIpc) is 1.99. The largest absolute Gasteiger partial charge is 0.329 e. The second-order valence-corrected chi connectivity index (χ2v) is 2.30. The van der Waals surface area contributed by atoms with Crippen LogP contribution >= 0.6 is 0 Å². The van der Waals surface area contributed by atoms with Gasteiger partial charge in [0.1, 0.15) is 0 Å². The fraction of sp³-hybridized carbons (Fsp3) is 0.500. The first-order valence-corrected chi connectivity index (χ1v) is 3.52. The topological polar surface area (TPSA) is 38.0 Å². The Labute approximate surface area is 62.8 Å². The van der Waals surface area contributed by atoms with Crippen LogP contribution in [0.3, 0.4) is 0 Å². The van der Waals surface area contributed by atoms with Crippen LogP contribution in [-0.2, 0) is 0 Å². The highest BCUT2D eigenvalue weighted by molar-refractivity contribution is 5.02. The first-order chi connectivity index (χ1) is 4.74. The summed E-state index contributed by atoms with van der Waals surface area (Å²) >= 11 is 0. The molecule has 0 aromatic carbocycles. The standard InChI is InChI=1S/C8H16N2/c1-4-8(5-2)6-7(3)10-9/h4,6,8,10H,1,5,9H2,2-3H3. The summed E-state index contributed by atoms with van der Waals surface area (Å²) in [7, 11) is 0. The van der Waals surface area contributed by atoms with E-state index < -0.39 is 0 Å². The van der Waals surface area contributed by atoms with Crippen LogP contribution in [0.15, 0.2) is 24.4 Å². The van der Waals surface area contributed by atoms with Crippen molar-refractivity contribution in [2.45, 2.75) is 20.3 Å². The van der Waals surface area contributed by atoms with E-state index in [1.54, 1.807) is 0 Å². The molecular formula is C8H16N2. The van der Waals surface area contributed by atoms with Gasteiger partial charge in [-0.25, -0.2) is 0 Å². The van der Waals surface area contributed by atoms with Crippen molar-refractivity contribution in [2.24, 2.45) is 11.8 Å². The maximum atomic E-state index is 5.18. The van der Waals surface area contributed by atoms with Gasteiger partial charge in [-0.3, -0.25) is 5.84 Å². The lowest BCUT2D eigenvalue weighted by atomic mass is 10.1. The van der Waals surface area contributed by atoms with E-state index in [0.717, 1.165) is 12.1 Å². The molecule has 0 rings (SSSR count). The molecule has 3 N–H and O–H groups in total. The quantitative estimate of drug-likeness (QED) is 0.353. The number of allylic oxidation sites excluding steroid dienone is 3. The van der Waals surface area contributed by atoms with E-state index in [1.807, 2.05) is 13.0 Å². The Morgan fingerprint density at radius 3 is 2.70 bits per heavy atom. The van der Waals surface area contributed by atoms with Gasteiger partial charge in [0.2, 0.25) is 0 Å². The molecule has 0 heterocycles. The predicted octanol–water partition coefficient (Wildman–Crippen LogP) is 1.57. The summed E-state index contributed by atoms with van der Waals surface area (Å²) in [4.78, 5) is 0. The van der Waals surface area contributed by atoms with E-state index in [2.05, 4.69) is 25.0 Å². The van der Waals surface area contributed by atoms with Crippen LogP contribution < -0.4 is 11.3 Å². The van der Waals surface area contributed by atoms with Gasteiger partial charge < -0.3 is 5.43 Å². The normalized spacial score (nSPS) is 14.5. The van der Waals surface area contributed by atoms with Gasteiger partial charge in [0, 0.05) is 5.70 Å². The van der Waals surface area contributed by atoms with Gasteiger partial charge in [-0.05, 0) is 19.3 Å². The van der Waals surface area contributed by atoms with Gasteiger partial charge in [0.05, 0.1) is 0 Å². The van der Waals surface area contributed by atoms with Crippen molar-refractivity contribution >= 4 is 0 Å². The van der Waals surface area contributed by atoms with E-state index in [-0.39, 0.29) is 0 Å². The van der Waals surface area contributed by atoms with E-state index in [9.17, 15) is 0 Å². The molecule has 2 heteroatoms. The number of nitrogens with one attached hydrogen (secondary N) is 1. The zero-order valence-corrected chi connectivity index (χ0v) is 6.72. The lowest BCUT2D eigenvalue weighted by Crippen LogP contribution is -2.19. The Bertz CT molecular complexity index is 127. The van der Waals surface area contributed by atoms with Crippen LogP contribution in [0.4, 0.5) is 0 Å².